The summed E-state index contributed by atoms with van der Waals surface area (Å²) in [6, 6.07) is 10.7. The lowest BCUT2D eigenvalue weighted by Crippen LogP contribution is -2.27. The summed E-state index contributed by atoms with van der Waals surface area (Å²) in [5.41, 5.74) is 0.582. The summed E-state index contributed by atoms with van der Waals surface area (Å²) in [5.74, 6) is 0.386. The van der Waals surface area contributed by atoms with Gasteiger partial charge in [-0.25, -0.2) is 0 Å². The topological polar surface area (TPSA) is 46.6 Å². The minimum absolute atomic E-state index is 0.0153. The molecule has 0 spiro atoms. The van der Waals surface area contributed by atoms with Crippen LogP contribution >= 0.6 is 11.3 Å². The summed E-state index contributed by atoms with van der Waals surface area (Å²) in [6.45, 7) is -0.0153. The molecule has 0 aliphatic rings. The largest absolute Gasteiger partial charge is 0.484 e. The van der Waals surface area contributed by atoms with Crippen LogP contribution in [0.3, 0.4) is 0 Å². The molecule has 0 radical (unpaired) electrons. The molecule has 0 aliphatic heterocycles. The van der Waals surface area contributed by atoms with E-state index in [1.807, 2.05) is 17.5 Å². The molecule has 0 bridgehead atoms. The highest BCUT2D eigenvalue weighted by Crippen LogP contribution is 2.15. The monoisotopic (exact) mass is 315 g/mol. The number of nitrogens with zero attached hydrogens (tertiary/aromatic N) is 1. The Bertz CT molecular complexity index is 658. The van der Waals surface area contributed by atoms with Crippen LogP contribution in [0.15, 0.2) is 47.9 Å². The number of amides is 1. The van der Waals surface area contributed by atoms with Crippen LogP contribution in [0.2, 0.25) is 0 Å². The Morgan fingerprint density at radius 3 is 2.50 bits per heavy atom. The molecular formula is C17H17NO3S. The van der Waals surface area contributed by atoms with Crippen molar-refractivity contribution in [2.45, 2.75) is 0 Å². The fraction of sp³-hybridized carbons (Fsp3) is 0.176. The Kier molecular flexibility index (Phi) is 5.49. The molecule has 0 aliphatic carbocycles. The van der Waals surface area contributed by atoms with E-state index >= 15 is 0 Å². The van der Waals surface area contributed by atoms with E-state index in [2.05, 4.69) is 0 Å². The number of benzene rings is 1. The molecule has 0 fully saturated rings. The van der Waals surface area contributed by atoms with Gasteiger partial charge in [0, 0.05) is 24.5 Å². The van der Waals surface area contributed by atoms with Gasteiger partial charge >= 0.3 is 0 Å². The molecule has 5 heteroatoms. The van der Waals surface area contributed by atoms with Crippen LogP contribution in [0.25, 0.3) is 6.08 Å². The maximum atomic E-state index is 12.0. The molecule has 1 aromatic carbocycles. The molecule has 1 aromatic heterocycles. The number of hydrogen-bond donors (Lipinski definition) is 0. The van der Waals surface area contributed by atoms with Gasteiger partial charge in [0.15, 0.2) is 12.4 Å². The first kappa shape index (κ1) is 16.0. The lowest BCUT2D eigenvalue weighted by Gasteiger charge is -2.11. The molecule has 4 nitrogen and oxygen atoms in total. The van der Waals surface area contributed by atoms with Gasteiger partial charge in [-0.15, -0.1) is 11.3 Å². The first-order chi connectivity index (χ1) is 10.6. The van der Waals surface area contributed by atoms with E-state index in [-0.39, 0.29) is 18.3 Å². The number of ketones is 1. The first-order valence-electron chi connectivity index (χ1n) is 6.75. The molecule has 0 saturated carbocycles. The number of carbonyl (C=O) groups excluding carboxylic acids is 2. The van der Waals surface area contributed by atoms with Gasteiger partial charge in [0.25, 0.3) is 5.91 Å². The number of ether oxygens (including phenoxy) is 1. The summed E-state index contributed by atoms with van der Waals surface area (Å²) in [5, 5.41) is 1.96. The Hall–Kier alpha value is -2.40. The SMILES string of the molecule is CN(C)C(=O)COc1ccc(C(=O)/C=C/c2cccs2)cc1. The number of likely N-dealkylation sites (N-methyl/N-ethyl adjacent to an activating group) is 1. The smallest absolute Gasteiger partial charge is 0.259 e. The van der Waals surface area contributed by atoms with Crippen LogP contribution in [0.5, 0.6) is 5.75 Å². The third kappa shape index (κ3) is 4.56. The van der Waals surface area contributed by atoms with Gasteiger partial charge < -0.3 is 9.64 Å². The third-order valence-corrected chi connectivity index (χ3v) is 3.78. The highest BCUT2D eigenvalue weighted by Gasteiger charge is 2.06. The van der Waals surface area contributed by atoms with Crippen molar-refractivity contribution in [3.8, 4) is 5.75 Å². The Balaban J connectivity index is 1.93. The summed E-state index contributed by atoms with van der Waals surface area (Å²) in [7, 11) is 3.35. The number of thiophene rings is 1. The summed E-state index contributed by atoms with van der Waals surface area (Å²) < 4.78 is 5.36. The molecule has 2 aromatic rings. The van der Waals surface area contributed by atoms with Crippen molar-refractivity contribution in [2.24, 2.45) is 0 Å². The van der Waals surface area contributed by atoms with Crippen LogP contribution in [-0.4, -0.2) is 37.3 Å². The van der Waals surface area contributed by atoms with Gasteiger partial charge in [-0.05, 0) is 47.9 Å². The van der Waals surface area contributed by atoms with Gasteiger partial charge in [0.05, 0.1) is 0 Å². The predicted octanol–water partition coefficient (Wildman–Crippen LogP) is 3.11. The highest BCUT2D eigenvalue weighted by atomic mass is 32.1. The molecule has 0 atom stereocenters. The van der Waals surface area contributed by atoms with Crippen molar-refractivity contribution >= 4 is 29.1 Å². The van der Waals surface area contributed by atoms with Crippen LogP contribution < -0.4 is 4.74 Å². The first-order valence-corrected chi connectivity index (χ1v) is 7.63. The summed E-state index contributed by atoms with van der Waals surface area (Å²) in [4.78, 5) is 26.0. The van der Waals surface area contributed by atoms with Gasteiger partial charge in [-0.3, -0.25) is 9.59 Å². The number of rotatable bonds is 6. The lowest BCUT2D eigenvalue weighted by molar-refractivity contribution is -0.130. The Labute approximate surface area is 133 Å². The maximum absolute atomic E-state index is 12.0. The van der Waals surface area contributed by atoms with E-state index in [9.17, 15) is 9.59 Å². The van der Waals surface area contributed by atoms with Crippen molar-refractivity contribution in [3.05, 3.63) is 58.3 Å². The van der Waals surface area contributed by atoms with Crippen molar-refractivity contribution in [2.75, 3.05) is 20.7 Å². The van der Waals surface area contributed by atoms with E-state index in [0.717, 1.165) is 4.88 Å². The van der Waals surface area contributed by atoms with Crippen molar-refractivity contribution in [1.82, 2.24) is 4.90 Å². The second-order valence-electron chi connectivity index (χ2n) is 4.81. The van der Waals surface area contributed by atoms with Gasteiger partial charge in [0.1, 0.15) is 5.75 Å². The van der Waals surface area contributed by atoms with E-state index in [0.29, 0.717) is 11.3 Å². The average Bonchev–Trinajstić information content (AvgIpc) is 3.04. The van der Waals surface area contributed by atoms with Gasteiger partial charge in [-0.2, -0.15) is 0 Å². The molecule has 22 heavy (non-hydrogen) atoms. The molecular weight excluding hydrogens is 298 g/mol. The van der Waals surface area contributed by atoms with E-state index in [1.165, 1.54) is 4.90 Å². The predicted molar refractivity (Wildman–Crippen MR) is 88.3 cm³/mol. The standard InChI is InChI=1S/C17H17NO3S/c1-18(2)17(20)12-21-14-7-5-13(6-8-14)16(19)10-9-15-4-3-11-22-15/h3-11H,12H2,1-2H3/b10-9+. The number of allylic oxidation sites excluding steroid dienone is 1. The zero-order valence-corrected chi connectivity index (χ0v) is 13.3. The molecule has 2 rings (SSSR count). The second kappa shape index (κ2) is 7.56. The Morgan fingerprint density at radius 1 is 1.18 bits per heavy atom. The molecule has 0 saturated heterocycles. The van der Waals surface area contributed by atoms with Crippen LogP contribution in [0.1, 0.15) is 15.2 Å². The van der Waals surface area contributed by atoms with Crippen molar-refractivity contribution < 1.29 is 14.3 Å². The van der Waals surface area contributed by atoms with Crippen LogP contribution in [-0.2, 0) is 4.79 Å². The second-order valence-corrected chi connectivity index (χ2v) is 5.79. The zero-order valence-electron chi connectivity index (χ0n) is 12.5. The highest BCUT2D eigenvalue weighted by molar-refractivity contribution is 7.10. The molecule has 0 N–H and O–H groups in total. The van der Waals surface area contributed by atoms with E-state index < -0.39 is 0 Å². The van der Waals surface area contributed by atoms with Gasteiger partial charge in [0.2, 0.25) is 0 Å². The molecule has 1 heterocycles. The lowest BCUT2D eigenvalue weighted by atomic mass is 10.1. The van der Waals surface area contributed by atoms with Crippen molar-refractivity contribution in [3.63, 3.8) is 0 Å². The van der Waals surface area contributed by atoms with E-state index in [4.69, 9.17) is 4.74 Å². The fourth-order valence-corrected chi connectivity index (χ4v) is 2.25. The van der Waals surface area contributed by atoms with Crippen molar-refractivity contribution in [1.29, 1.82) is 0 Å². The minimum Gasteiger partial charge on any atom is -0.484 e. The quantitative estimate of drug-likeness (QED) is 0.608. The summed E-state index contributed by atoms with van der Waals surface area (Å²) >= 11 is 1.58. The normalized spacial score (nSPS) is 10.6. The molecule has 0 unspecified atom stereocenters. The third-order valence-electron chi connectivity index (χ3n) is 2.94. The van der Waals surface area contributed by atoms with Gasteiger partial charge in [-0.1, -0.05) is 6.07 Å². The minimum atomic E-state index is -0.112. The fourth-order valence-electron chi connectivity index (χ4n) is 1.63. The number of carbonyl (C=O) groups is 2. The van der Waals surface area contributed by atoms with Crippen LogP contribution in [0.4, 0.5) is 0 Å². The summed E-state index contributed by atoms with van der Waals surface area (Å²) in [6.07, 6.45) is 3.35. The Morgan fingerprint density at radius 2 is 1.91 bits per heavy atom. The molecule has 1 amide bonds. The average molecular weight is 315 g/mol. The maximum Gasteiger partial charge on any atom is 0.259 e. The molecule has 114 valence electrons. The zero-order chi connectivity index (χ0) is 15.9. The number of hydrogen-bond acceptors (Lipinski definition) is 4. The van der Waals surface area contributed by atoms with E-state index in [1.54, 1.807) is 61.8 Å². The van der Waals surface area contributed by atoms with Crippen LogP contribution in [0, 0.1) is 0 Å².